The molecular weight excluding hydrogens is 506 g/mol. The molecule has 0 fully saturated rings. The van der Waals surface area contributed by atoms with E-state index in [0.717, 1.165) is 27.3 Å². The number of hydrogen-bond acceptors (Lipinski definition) is 6. The van der Waals surface area contributed by atoms with Gasteiger partial charge in [0.1, 0.15) is 23.2 Å². The van der Waals surface area contributed by atoms with Gasteiger partial charge in [0.2, 0.25) is 0 Å². The summed E-state index contributed by atoms with van der Waals surface area (Å²) < 4.78 is 11.2. The molecular formula is C32H41N3O5. The number of carbonyl (C=O) groups is 2. The Labute approximate surface area is 237 Å². The maximum absolute atomic E-state index is 13.2. The average Bonchev–Trinajstić information content (AvgIpc) is 2.86. The molecule has 0 saturated carbocycles. The van der Waals surface area contributed by atoms with Crippen molar-refractivity contribution in [1.82, 2.24) is 10.3 Å². The van der Waals surface area contributed by atoms with E-state index in [9.17, 15) is 14.7 Å². The van der Waals surface area contributed by atoms with Gasteiger partial charge in [0, 0.05) is 13.1 Å². The summed E-state index contributed by atoms with van der Waals surface area (Å²) in [6.07, 6.45) is -0.751. The molecule has 214 valence electrons. The first kappa shape index (κ1) is 30.6. The number of pyridine rings is 1. The van der Waals surface area contributed by atoms with Crippen LogP contribution in [0.3, 0.4) is 0 Å². The maximum atomic E-state index is 13.2. The zero-order chi connectivity index (χ0) is 29.5. The Morgan fingerprint density at radius 1 is 0.925 bits per heavy atom. The number of carboxylic acids is 1. The van der Waals surface area contributed by atoms with Gasteiger partial charge in [-0.15, -0.1) is 0 Å². The highest BCUT2D eigenvalue weighted by molar-refractivity contribution is 5.95. The van der Waals surface area contributed by atoms with E-state index < -0.39 is 29.1 Å². The number of amides is 1. The number of ether oxygens (including phenoxy) is 2. The van der Waals surface area contributed by atoms with E-state index in [2.05, 4.69) is 40.6 Å². The van der Waals surface area contributed by atoms with Crippen molar-refractivity contribution >= 4 is 17.9 Å². The van der Waals surface area contributed by atoms with Crippen molar-refractivity contribution in [3.63, 3.8) is 0 Å². The van der Waals surface area contributed by atoms with Crippen LogP contribution in [0.1, 0.15) is 59.7 Å². The number of hydrogen-bond donors (Lipinski definition) is 2. The summed E-state index contributed by atoms with van der Waals surface area (Å²) in [4.78, 5) is 31.3. The van der Waals surface area contributed by atoms with Gasteiger partial charge in [0.05, 0.1) is 12.3 Å². The van der Waals surface area contributed by atoms with Crippen LogP contribution in [0.25, 0.3) is 11.1 Å². The van der Waals surface area contributed by atoms with Crippen LogP contribution < -0.4 is 15.0 Å². The topological polar surface area (TPSA) is 101 Å². The highest BCUT2D eigenvalue weighted by atomic mass is 16.6. The molecule has 1 atom stereocenters. The SMILES string of the molecule is CCOc1cccc(-c2ccc(CNCc3cccc(N(C(=O)OC(C)(C)C)C(C(=O)O)C(C)(C)C)n3)cc2)c1. The highest BCUT2D eigenvalue weighted by Gasteiger charge is 2.42. The van der Waals surface area contributed by atoms with E-state index in [1.807, 2.05) is 31.2 Å². The van der Waals surface area contributed by atoms with E-state index in [-0.39, 0.29) is 5.82 Å². The van der Waals surface area contributed by atoms with Crippen LogP contribution in [-0.4, -0.2) is 40.4 Å². The van der Waals surface area contributed by atoms with Gasteiger partial charge in [0.25, 0.3) is 0 Å². The number of carbonyl (C=O) groups excluding carboxylic acids is 1. The number of rotatable bonds is 10. The number of anilines is 1. The fourth-order valence-corrected chi connectivity index (χ4v) is 4.29. The summed E-state index contributed by atoms with van der Waals surface area (Å²) >= 11 is 0. The van der Waals surface area contributed by atoms with Gasteiger partial charge in [-0.2, -0.15) is 0 Å². The molecule has 2 N–H and O–H groups in total. The molecule has 1 aromatic heterocycles. The van der Waals surface area contributed by atoms with Gasteiger partial charge in [-0.05, 0) is 74.1 Å². The van der Waals surface area contributed by atoms with Crippen LogP contribution in [0.2, 0.25) is 0 Å². The molecule has 0 aliphatic rings. The lowest BCUT2D eigenvalue weighted by Gasteiger charge is -2.37. The Bertz CT molecular complexity index is 1290. The van der Waals surface area contributed by atoms with Crippen molar-refractivity contribution in [2.24, 2.45) is 5.41 Å². The van der Waals surface area contributed by atoms with Gasteiger partial charge < -0.3 is 19.9 Å². The fourth-order valence-electron chi connectivity index (χ4n) is 4.29. The van der Waals surface area contributed by atoms with Gasteiger partial charge in [-0.25, -0.2) is 19.5 Å². The zero-order valence-electron chi connectivity index (χ0n) is 24.5. The maximum Gasteiger partial charge on any atom is 0.416 e. The third kappa shape index (κ3) is 8.55. The normalized spacial score (nSPS) is 12.5. The van der Waals surface area contributed by atoms with Crippen LogP contribution >= 0.6 is 0 Å². The largest absolute Gasteiger partial charge is 0.494 e. The minimum absolute atomic E-state index is 0.231. The molecule has 8 heteroatoms. The van der Waals surface area contributed by atoms with Crippen LogP contribution in [0.4, 0.5) is 10.6 Å². The lowest BCUT2D eigenvalue weighted by atomic mass is 9.85. The summed E-state index contributed by atoms with van der Waals surface area (Å²) in [6, 6.07) is 20.4. The van der Waals surface area contributed by atoms with Gasteiger partial charge in [-0.3, -0.25) is 0 Å². The molecule has 0 spiro atoms. The second-order valence-corrected chi connectivity index (χ2v) is 11.7. The van der Waals surface area contributed by atoms with Gasteiger partial charge in [0.15, 0.2) is 0 Å². The predicted octanol–water partition coefficient (Wildman–Crippen LogP) is 6.68. The van der Waals surface area contributed by atoms with E-state index in [0.29, 0.717) is 25.4 Å². The van der Waals surface area contributed by atoms with E-state index in [1.165, 1.54) is 0 Å². The van der Waals surface area contributed by atoms with E-state index in [4.69, 9.17) is 9.47 Å². The van der Waals surface area contributed by atoms with Crippen molar-refractivity contribution in [3.8, 4) is 16.9 Å². The minimum Gasteiger partial charge on any atom is -0.494 e. The quantitative estimate of drug-likeness (QED) is 0.292. The molecule has 0 aliphatic carbocycles. The first-order chi connectivity index (χ1) is 18.8. The average molecular weight is 548 g/mol. The van der Waals surface area contributed by atoms with E-state index >= 15 is 0 Å². The Morgan fingerprint density at radius 2 is 1.60 bits per heavy atom. The molecule has 1 unspecified atom stereocenters. The van der Waals surface area contributed by atoms with Crippen LogP contribution in [0, 0.1) is 5.41 Å². The molecule has 3 aromatic rings. The highest BCUT2D eigenvalue weighted by Crippen LogP contribution is 2.30. The summed E-state index contributed by atoms with van der Waals surface area (Å²) in [5.74, 6) is -0.0471. The van der Waals surface area contributed by atoms with Crippen LogP contribution in [0.15, 0.2) is 66.7 Å². The summed E-state index contributed by atoms with van der Waals surface area (Å²) in [5, 5.41) is 13.4. The van der Waals surface area contributed by atoms with Crippen molar-refractivity contribution in [2.45, 2.75) is 73.2 Å². The summed E-state index contributed by atoms with van der Waals surface area (Å²) in [6.45, 7) is 14.2. The molecule has 0 bridgehead atoms. The third-order valence-electron chi connectivity index (χ3n) is 6.01. The van der Waals surface area contributed by atoms with E-state index in [1.54, 1.807) is 53.7 Å². The lowest BCUT2D eigenvalue weighted by Crippen LogP contribution is -2.54. The number of aromatic nitrogens is 1. The number of aliphatic carboxylic acids is 1. The van der Waals surface area contributed by atoms with Crippen molar-refractivity contribution < 1.29 is 24.2 Å². The second-order valence-electron chi connectivity index (χ2n) is 11.7. The monoisotopic (exact) mass is 547 g/mol. The summed E-state index contributed by atoms with van der Waals surface area (Å²) in [7, 11) is 0. The number of carboxylic acid groups (broad SMARTS) is 1. The number of benzene rings is 2. The van der Waals surface area contributed by atoms with Crippen molar-refractivity contribution in [2.75, 3.05) is 11.5 Å². The third-order valence-corrected chi connectivity index (χ3v) is 6.01. The van der Waals surface area contributed by atoms with Gasteiger partial charge in [-0.1, -0.05) is 63.2 Å². The number of nitrogens with one attached hydrogen (secondary N) is 1. The smallest absolute Gasteiger partial charge is 0.416 e. The Morgan fingerprint density at radius 3 is 2.20 bits per heavy atom. The Hall–Kier alpha value is -3.91. The molecule has 1 amide bonds. The molecule has 3 rings (SSSR count). The molecule has 1 heterocycles. The second kappa shape index (κ2) is 13.0. The van der Waals surface area contributed by atoms with Crippen molar-refractivity contribution in [3.05, 3.63) is 78.0 Å². The zero-order valence-corrected chi connectivity index (χ0v) is 24.5. The first-order valence-electron chi connectivity index (χ1n) is 13.5. The van der Waals surface area contributed by atoms with Crippen LogP contribution in [-0.2, 0) is 22.6 Å². The Kier molecular flexibility index (Phi) is 9.93. The number of nitrogens with zero attached hydrogens (tertiary/aromatic N) is 2. The molecule has 2 aromatic carbocycles. The minimum atomic E-state index is -1.18. The van der Waals surface area contributed by atoms with Crippen LogP contribution in [0.5, 0.6) is 5.75 Å². The molecule has 0 radical (unpaired) electrons. The van der Waals surface area contributed by atoms with Crippen molar-refractivity contribution in [1.29, 1.82) is 0 Å². The Balaban J connectivity index is 1.73. The standard InChI is InChI=1S/C32H41N3O5/c1-8-39-26-13-9-11-24(19-26)23-17-15-22(16-18-23)20-33-21-25-12-10-14-27(34-25)35(30(38)40-32(5,6)7)28(29(36)37)31(2,3)4/h9-19,28,33H,8,20-21H2,1-7H3,(H,36,37). The lowest BCUT2D eigenvalue weighted by molar-refractivity contribution is -0.141. The predicted molar refractivity (Wildman–Crippen MR) is 157 cm³/mol. The fraction of sp³-hybridized carbons (Fsp3) is 0.406. The molecule has 0 saturated heterocycles. The molecule has 40 heavy (non-hydrogen) atoms. The van der Waals surface area contributed by atoms with Gasteiger partial charge >= 0.3 is 12.1 Å². The first-order valence-corrected chi connectivity index (χ1v) is 13.5. The molecule has 0 aliphatic heterocycles. The molecule has 8 nitrogen and oxygen atoms in total. The summed E-state index contributed by atoms with van der Waals surface area (Å²) in [5.41, 5.74) is 2.42.